The van der Waals surface area contributed by atoms with E-state index in [0.717, 1.165) is 5.56 Å². The van der Waals surface area contributed by atoms with Crippen molar-refractivity contribution in [2.24, 2.45) is 0 Å². The summed E-state index contributed by atoms with van der Waals surface area (Å²) in [6.07, 6.45) is 3.38. The van der Waals surface area contributed by atoms with E-state index in [0.29, 0.717) is 11.5 Å². The molecule has 0 aromatic heterocycles. The highest BCUT2D eigenvalue weighted by Gasteiger charge is 2.06. The third-order valence-corrected chi connectivity index (χ3v) is 2.06. The van der Waals surface area contributed by atoms with E-state index in [9.17, 15) is 4.79 Å². The van der Waals surface area contributed by atoms with E-state index >= 15 is 0 Å². The Morgan fingerprint density at radius 1 is 1.29 bits per heavy atom. The van der Waals surface area contributed by atoms with E-state index in [-0.39, 0.29) is 11.9 Å². The summed E-state index contributed by atoms with van der Waals surface area (Å²) in [7, 11) is 1.60. The summed E-state index contributed by atoms with van der Waals surface area (Å²) in [5.41, 5.74) is 0.910. The molecule has 92 valence electrons. The lowest BCUT2D eigenvalue weighted by molar-refractivity contribution is -0.112. The average Bonchev–Trinajstić information content (AvgIpc) is 2.26. The number of rotatable bonds is 5. The molecule has 0 bridgehead atoms. The van der Waals surface area contributed by atoms with Crippen molar-refractivity contribution in [3.8, 4) is 11.5 Å². The van der Waals surface area contributed by atoms with Gasteiger partial charge in [0.05, 0.1) is 13.2 Å². The lowest BCUT2D eigenvalue weighted by Crippen LogP contribution is -2.06. The smallest absolute Gasteiger partial charge is 0.161 e. The van der Waals surface area contributed by atoms with Crippen molar-refractivity contribution in [2.45, 2.75) is 26.9 Å². The third kappa shape index (κ3) is 4.31. The van der Waals surface area contributed by atoms with Crippen LogP contribution in [0.25, 0.3) is 6.08 Å². The molecule has 0 saturated heterocycles. The van der Waals surface area contributed by atoms with Crippen LogP contribution in [0.15, 0.2) is 24.3 Å². The predicted octanol–water partition coefficient (Wildman–Crippen LogP) is 3.08. The molecule has 0 saturated carbocycles. The molecule has 0 aliphatic rings. The first-order valence-electron chi connectivity index (χ1n) is 5.56. The van der Waals surface area contributed by atoms with Crippen LogP contribution in [0.4, 0.5) is 0 Å². The fourth-order valence-electron chi connectivity index (χ4n) is 1.35. The minimum atomic E-state index is 0.0199. The summed E-state index contributed by atoms with van der Waals surface area (Å²) < 4.78 is 10.9. The fourth-order valence-corrected chi connectivity index (χ4v) is 1.35. The predicted molar refractivity (Wildman–Crippen MR) is 68.5 cm³/mol. The molecule has 0 amide bonds. The molecule has 0 fully saturated rings. The number of hydrogen-bond acceptors (Lipinski definition) is 3. The molecule has 3 heteroatoms. The molecule has 1 aromatic carbocycles. The van der Waals surface area contributed by atoms with Gasteiger partial charge in [0.15, 0.2) is 17.3 Å². The zero-order valence-corrected chi connectivity index (χ0v) is 10.7. The summed E-state index contributed by atoms with van der Waals surface area (Å²) in [5, 5.41) is 0. The number of carbonyl (C=O) groups excluding carboxylic acids is 1. The summed E-state index contributed by atoms with van der Waals surface area (Å²) >= 11 is 0. The molecular formula is C14H18O3. The molecule has 0 aliphatic heterocycles. The number of methoxy groups -OCH3 is 1. The Hall–Kier alpha value is -1.77. The largest absolute Gasteiger partial charge is 0.493 e. The lowest BCUT2D eigenvalue weighted by Gasteiger charge is -2.13. The molecule has 0 atom stereocenters. The maximum atomic E-state index is 10.8. The molecule has 0 unspecified atom stereocenters. The van der Waals surface area contributed by atoms with Gasteiger partial charge in [0.1, 0.15) is 0 Å². The second-order valence-electron chi connectivity index (χ2n) is 4.02. The fraction of sp³-hybridized carbons (Fsp3) is 0.357. The molecule has 0 aliphatic carbocycles. The van der Waals surface area contributed by atoms with Crippen LogP contribution in [0.5, 0.6) is 11.5 Å². The normalized spacial score (nSPS) is 10.9. The number of allylic oxidation sites excluding steroid dienone is 1. The van der Waals surface area contributed by atoms with E-state index in [1.165, 1.54) is 13.0 Å². The van der Waals surface area contributed by atoms with Gasteiger partial charge >= 0.3 is 0 Å². The quantitative estimate of drug-likeness (QED) is 0.734. The average molecular weight is 234 g/mol. The van der Waals surface area contributed by atoms with Gasteiger partial charge in [-0.3, -0.25) is 4.79 Å². The second-order valence-corrected chi connectivity index (χ2v) is 4.02. The Balaban J connectivity index is 2.95. The van der Waals surface area contributed by atoms with Crippen LogP contribution in [-0.4, -0.2) is 19.0 Å². The lowest BCUT2D eigenvalue weighted by atomic mass is 10.1. The van der Waals surface area contributed by atoms with E-state index in [1.54, 1.807) is 13.2 Å². The summed E-state index contributed by atoms with van der Waals surface area (Å²) in [6, 6.07) is 5.58. The first-order chi connectivity index (χ1) is 8.02. The Morgan fingerprint density at radius 2 is 2.00 bits per heavy atom. The highest BCUT2D eigenvalue weighted by Crippen LogP contribution is 2.29. The maximum Gasteiger partial charge on any atom is 0.161 e. The van der Waals surface area contributed by atoms with Gasteiger partial charge in [-0.1, -0.05) is 12.1 Å². The number of ketones is 1. The van der Waals surface area contributed by atoms with Crippen molar-refractivity contribution in [3.05, 3.63) is 29.8 Å². The van der Waals surface area contributed by atoms with Gasteiger partial charge in [-0.05, 0) is 44.5 Å². The van der Waals surface area contributed by atoms with Gasteiger partial charge in [-0.25, -0.2) is 0 Å². The SMILES string of the molecule is COc1cc(C=CC(C)=O)ccc1OC(C)C. The molecular weight excluding hydrogens is 216 g/mol. The maximum absolute atomic E-state index is 10.8. The molecule has 3 nitrogen and oxygen atoms in total. The molecule has 17 heavy (non-hydrogen) atoms. The van der Waals surface area contributed by atoms with Gasteiger partial charge in [0.2, 0.25) is 0 Å². The van der Waals surface area contributed by atoms with E-state index in [4.69, 9.17) is 9.47 Å². The van der Waals surface area contributed by atoms with Crippen LogP contribution in [0, 0.1) is 0 Å². The minimum Gasteiger partial charge on any atom is -0.493 e. The molecule has 1 rings (SSSR count). The standard InChI is InChI=1S/C14H18O3/c1-10(2)17-13-8-7-12(6-5-11(3)15)9-14(13)16-4/h5-10H,1-4H3. The zero-order valence-electron chi connectivity index (χ0n) is 10.7. The Morgan fingerprint density at radius 3 is 2.53 bits per heavy atom. The molecule has 0 heterocycles. The second kappa shape index (κ2) is 6.09. The first-order valence-corrected chi connectivity index (χ1v) is 5.56. The highest BCUT2D eigenvalue weighted by atomic mass is 16.5. The topological polar surface area (TPSA) is 35.5 Å². The van der Waals surface area contributed by atoms with Crippen LogP contribution in [-0.2, 0) is 4.79 Å². The minimum absolute atomic E-state index is 0.0199. The summed E-state index contributed by atoms with van der Waals surface area (Å²) in [4.78, 5) is 10.8. The number of benzene rings is 1. The van der Waals surface area contributed by atoms with Gasteiger partial charge in [0, 0.05) is 0 Å². The van der Waals surface area contributed by atoms with Crippen molar-refractivity contribution in [1.82, 2.24) is 0 Å². The van der Waals surface area contributed by atoms with Crippen LogP contribution in [0.2, 0.25) is 0 Å². The Bertz CT molecular complexity index is 419. The molecule has 0 N–H and O–H groups in total. The van der Waals surface area contributed by atoms with E-state index < -0.39 is 0 Å². The summed E-state index contributed by atoms with van der Waals surface area (Å²) in [6.45, 7) is 5.44. The van der Waals surface area contributed by atoms with Gasteiger partial charge in [-0.15, -0.1) is 0 Å². The number of hydrogen-bond donors (Lipinski definition) is 0. The van der Waals surface area contributed by atoms with Crippen molar-refractivity contribution < 1.29 is 14.3 Å². The number of ether oxygens (including phenoxy) is 2. The highest BCUT2D eigenvalue weighted by molar-refractivity contribution is 5.91. The zero-order chi connectivity index (χ0) is 12.8. The van der Waals surface area contributed by atoms with Crippen molar-refractivity contribution in [2.75, 3.05) is 7.11 Å². The van der Waals surface area contributed by atoms with Crippen molar-refractivity contribution in [3.63, 3.8) is 0 Å². The number of carbonyl (C=O) groups is 1. The monoisotopic (exact) mass is 234 g/mol. The molecule has 0 spiro atoms. The Kier molecular flexibility index (Phi) is 4.76. The van der Waals surface area contributed by atoms with Crippen LogP contribution >= 0.6 is 0 Å². The van der Waals surface area contributed by atoms with Crippen LogP contribution in [0.1, 0.15) is 26.3 Å². The van der Waals surface area contributed by atoms with Crippen molar-refractivity contribution >= 4 is 11.9 Å². The molecule has 0 radical (unpaired) electrons. The van der Waals surface area contributed by atoms with Crippen molar-refractivity contribution in [1.29, 1.82) is 0 Å². The van der Waals surface area contributed by atoms with E-state index in [1.807, 2.05) is 32.0 Å². The van der Waals surface area contributed by atoms with Crippen LogP contribution in [0.3, 0.4) is 0 Å². The summed E-state index contributed by atoms with van der Waals surface area (Å²) in [5.74, 6) is 1.40. The van der Waals surface area contributed by atoms with Gasteiger partial charge in [-0.2, -0.15) is 0 Å². The van der Waals surface area contributed by atoms with Gasteiger partial charge in [0.25, 0.3) is 0 Å². The first kappa shape index (κ1) is 13.3. The molecule has 1 aromatic rings. The Labute approximate surface area is 102 Å². The van der Waals surface area contributed by atoms with Gasteiger partial charge < -0.3 is 9.47 Å². The van der Waals surface area contributed by atoms with E-state index in [2.05, 4.69) is 0 Å². The third-order valence-electron chi connectivity index (χ3n) is 2.06. The van der Waals surface area contributed by atoms with Crippen LogP contribution < -0.4 is 9.47 Å².